The van der Waals surface area contributed by atoms with Crippen molar-refractivity contribution in [2.75, 3.05) is 27.4 Å². The predicted octanol–water partition coefficient (Wildman–Crippen LogP) is -0.0838. The van der Waals surface area contributed by atoms with Crippen LogP contribution in [0.1, 0.15) is 5.82 Å². The van der Waals surface area contributed by atoms with Gasteiger partial charge in [-0.1, -0.05) is 11.6 Å². The Bertz CT molecular complexity index is 400. The van der Waals surface area contributed by atoms with Gasteiger partial charge in [-0.25, -0.2) is 0 Å². The number of aromatic nitrogens is 3. The van der Waals surface area contributed by atoms with Crippen molar-refractivity contribution in [3.8, 4) is 12.0 Å². The van der Waals surface area contributed by atoms with Crippen LogP contribution in [0.15, 0.2) is 0 Å². The minimum absolute atomic E-state index is 0.138. The van der Waals surface area contributed by atoms with E-state index in [0.717, 1.165) is 0 Å². The van der Waals surface area contributed by atoms with E-state index in [9.17, 15) is 0 Å². The molecule has 1 aromatic rings. The van der Waals surface area contributed by atoms with Crippen molar-refractivity contribution in [3.05, 3.63) is 5.82 Å². The van der Waals surface area contributed by atoms with Crippen LogP contribution in [0.25, 0.3) is 0 Å². The average molecular weight is 291 g/mol. The van der Waals surface area contributed by atoms with Crippen molar-refractivity contribution in [1.82, 2.24) is 20.3 Å². The zero-order chi connectivity index (χ0) is 13.7. The van der Waals surface area contributed by atoms with Gasteiger partial charge < -0.3 is 18.9 Å². The van der Waals surface area contributed by atoms with Gasteiger partial charge in [-0.2, -0.15) is 9.97 Å². The number of methoxy groups -OCH3 is 2. The van der Waals surface area contributed by atoms with Crippen LogP contribution in [0.2, 0.25) is 0 Å². The van der Waals surface area contributed by atoms with Gasteiger partial charge in [-0.3, -0.25) is 5.32 Å². The Morgan fingerprint density at radius 1 is 1.26 bits per heavy atom. The van der Waals surface area contributed by atoms with E-state index in [2.05, 4.69) is 20.3 Å². The van der Waals surface area contributed by atoms with Crippen LogP contribution in [0.3, 0.4) is 0 Å². The highest BCUT2D eigenvalue weighted by Gasteiger charge is 2.24. The Morgan fingerprint density at radius 3 is 2.53 bits per heavy atom. The highest BCUT2D eigenvalue weighted by atomic mass is 35.5. The molecule has 0 aliphatic carbocycles. The number of halogens is 1. The Morgan fingerprint density at radius 2 is 1.95 bits per heavy atom. The molecule has 8 nitrogen and oxygen atoms in total. The zero-order valence-electron chi connectivity index (χ0n) is 10.6. The fourth-order valence-electron chi connectivity index (χ4n) is 1.48. The van der Waals surface area contributed by atoms with Gasteiger partial charge in [0, 0.05) is 6.54 Å². The molecule has 2 unspecified atom stereocenters. The minimum atomic E-state index is -0.542. The van der Waals surface area contributed by atoms with Crippen molar-refractivity contribution in [2.24, 2.45) is 0 Å². The number of nitrogens with zero attached hydrogens (tertiary/aromatic N) is 3. The molecule has 1 aliphatic heterocycles. The third-order valence-electron chi connectivity index (χ3n) is 2.36. The number of hydrogen-bond donors (Lipinski definition) is 1. The number of rotatable bonds is 5. The molecule has 1 N–H and O–H groups in total. The first-order chi connectivity index (χ1) is 9.22. The van der Waals surface area contributed by atoms with Gasteiger partial charge in [0.15, 0.2) is 11.4 Å². The van der Waals surface area contributed by atoms with Crippen LogP contribution in [-0.2, 0) is 16.1 Å². The van der Waals surface area contributed by atoms with Crippen molar-refractivity contribution in [1.29, 1.82) is 0 Å². The van der Waals surface area contributed by atoms with E-state index in [4.69, 9.17) is 30.5 Å². The number of morpholine rings is 1. The molecule has 1 saturated heterocycles. The van der Waals surface area contributed by atoms with Gasteiger partial charge in [-0.05, 0) is 0 Å². The molecule has 0 amide bonds. The standard InChI is InChI=1S/C10H15ClN4O4/c1-16-9-13-6(14-10(15-9)17-2)5-19-8-7(11)18-4-3-12-8/h7-8,12H,3-5H2,1-2H3. The molecule has 106 valence electrons. The molecular weight excluding hydrogens is 276 g/mol. The molecular formula is C10H15ClN4O4. The SMILES string of the molecule is COc1nc(COC2NCCOC2Cl)nc(OC)n1. The molecule has 2 rings (SSSR count). The zero-order valence-corrected chi connectivity index (χ0v) is 11.4. The van der Waals surface area contributed by atoms with Gasteiger partial charge >= 0.3 is 12.0 Å². The summed E-state index contributed by atoms with van der Waals surface area (Å²) in [4.78, 5) is 12.0. The minimum Gasteiger partial charge on any atom is -0.467 e. The summed E-state index contributed by atoms with van der Waals surface area (Å²) in [5.41, 5.74) is -0.542. The lowest BCUT2D eigenvalue weighted by Gasteiger charge is -2.28. The van der Waals surface area contributed by atoms with Gasteiger partial charge in [0.25, 0.3) is 0 Å². The quantitative estimate of drug-likeness (QED) is 0.753. The number of nitrogens with one attached hydrogen (secondary N) is 1. The second-order valence-electron chi connectivity index (χ2n) is 3.63. The topological polar surface area (TPSA) is 87.6 Å². The van der Waals surface area contributed by atoms with Crippen LogP contribution in [0.4, 0.5) is 0 Å². The maximum absolute atomic E-state index is 5.95. The van der Waals surface area contributed by atoms with Crippen molar-refractivity contribution >= 4 is 11.6 Å². The molecule has 1 fully saturated rings. The smallest absolute Gasteiger partial charge is 0.322 e. The summed E-state index contributed by atoms with van der Waals surface area (Å²) >= 11 is 5.95. The van der Waals surface area contributed by atoms with Crippen LogP contribution in [0, 0.1) is 0 Å². The molecule has 0 bridgehead atoms. The van der Waals surface area contributed by atoms with E-state index in [0.29, 0.717) is 19.0 Å². The second kappa shape index (κ2) is 6.80. The maximum Gasteiger partial charge on any atom is 0.322 e. The molecule has 1 aromatic heterocycles. The molecule has 0 aromatic carbocycles. The fraction of sp³-hybridized carbons (Fsp3) is 0.700. The first-order valence-corrected chi connectivity index (χ1v) is 6.10. The molecule has 2 atom stereocenters. The predicted molar refractivity (Wildman–Crippen MR) is 65.1 cm³/mol. The monoisotopic (exact) mass is 290 g/mol. The maximum atomic E-state index is 5.95. The van der Waals surface area contributed by atoms with E-state index in [-0.39, 0.29) is 18.6 Å². The summed E-state index contributed by atoms with van der Waals surface area (Å²) in [5, 5.41) is 3.08. The van der Waals surface area contributed by atoms with E-state index in [1.807, 2.05) is 0 Å². The second-order valence-corrected chi connectivity index (χ2v) is 4.06. The van der Waals surface area contributed by atoms with E-state index >= 15 is 0 Å². The van der Waals surface area contributed by atoms with Crippen LogP contribution < -0.4 is 14.8 Å². The largest absolute Gasteiger partial charge is 0.467 e. The van der Waals surface area contributed by atoms with E-state index in [1.165, 1.54) is 14.2 Å². The van der Waals surface area contributed by atoms with Gasteiger partial charge in [0.1, 0.15) is 12.8 Å². The highest BCUT2D eigenvalue weighted by Crippen LogP contribution is 2.14. The Hall–Kier alpha value is -1.22. The fourth-order valence-corrected chi connectivity index (χ4v) is 1.73. The van der Waals surface area contributed by atoms with Gasteiger partial charge in [0.2, 0.25) is 0 Å². The van der Waals surface area contributed by atoms with Gasteiger partial charge in [0.05, 0.1) is 20.8 Å². The van der Waals surface area contributed by atoms with Gasteiger partial charge in [-0.15, -0.1) is 4.98 Å². The van der Waals surface area contributed by atoms with Crippen molar-refractivity contribution in [2.45, 2.75) is 18.4 Å². The third-order valence-corrected chi connectivity index (χ3v) is 2.72. The molecule has 0 spiro atoms. The van der Waals surface area contributed by atoms with Crippen molar-refractivity contribution in [3.63, 3.8) is 0 Å². The summed E-state index contributed by atoms with van der Waals surface area (Å²) in [5.74, 6) is 0.389. The lowest BCUT2D eigenvalue weighted by molar-refractivity contribution is -0.0888. The van der Waals surface area contributed by atoms with Crippen molar-refractivity contribution < 1.29 is 18.9 Å². The Balaban J connectivity index is 1.98. The summed E-state index contributed by atoms with van der Waals surface area (Å²) in [6.45, 7) is 1.37. The average Bonchev–Trinajstić information content (AvgIpc) is 2.46. The van der Waals surface area contributed by atoms with Crippen LogP contribution in [0.5, 0.6) is 12.0 Å². The first kappa shape index (κ1) is 14.2. The lowest BCUT2D eigenvalue weighted by Crippen LogP contribution is -2.47. The first-order valence-electron chi connectivity index (χ1n) is 5.66. The number of ether oxygens (including phenoxy) is 4. The summed E-state index contributed by atoms with van der Waals surface area (Å²) < 4.78 is 20.7. The number of hydrogen-bond acceptors (Lipinski definition) is 8. The molecule has 0 radical (unpaired) electrons. The highest BCUT2D eigenvalue weighted by molar-refractivity contribution is 6.20. The van der Waals surface area contributed by atoms with E-state index < -0.39 is 11.8 Å². The Kier molecular flexibility index (Phi) is 5.08. The molecule has 2 heterocycles. The molecule has 1 aliphatic rings. The molecule has 9 heteroatoms. The lowest BCUT2D eigenvalue weighted by atomic mass is 10.5. The summed E-state index contributed by atoms with van der Waals surface area (Å²) in [6.07, 6.45) is -0.413. The van der Waals surface area contributed by atoms with E-state index in [1.54, 1.807) is 0 Å². The molecule has 0 saturated carbocycles. The van der Waals surface area contributed by atoms with Crippen LogP contribution >= 0.6 is 11.6 Å². The third kappa shape index (κ3) is 3.87. The summed E-state index contributed by atoms with van der Waals surface area (Å²) in [6, 6.07) is 0.335. The van der Waals surface area contributed by atoms with Crippen LogP contribution in [-0.4, -0.2) is 54.1 Å². The Labute approximate surface area is 115 Å². The number of alkyl halides is 1. The summed E-state index contributed by atoms with van der Waals surface area (Å²) in [7, 11) is 2.93. The molecule has 19 heavy (non-hydrogen) atoms. The normalized spacial score (nSPS) is 23.1.